The van der Waals surface area contributed by atoms with E-state index in [-0.39, 0.29) is 11.9 Å². The Morgan fingerprint density at radius 1 is 1.17 bits per heavy atom. The minimum Gasteiger partial charge on any atom is -0.461 e. The predicted octanol–water partition coefficient (Wildman–Crippen LogP) is 1.51. The quantitative estimate of drug-likeness (QED) is 0.835. The van der Waals surface area contributed by atoms with Crippen LogP contribution in [0.15, 0.2) is 0 Å². The summed E-state index contributed by atoms with van der Waals surface area (Å²) in [5.74, 6) is -0.138. The van der Waals surface area contributed by atoms with Gasteiger partial charge in [0.15, 0.2) is 0 Å². The van der Waals surface area contributed by atoms with Gasteiger partial charge in [0, 0.05) is 38.3 Å². The van der Waals surface area contributed by atoms with E-state index in [0.29, 0.717) is 25.1 Å². The molecule has 1 aliphatic heterocycles. The fraction of sp³-hybridized carbons (Fsp3) is 0.647. The molecule has 0 atom stereocenters. The number of nitrogens with one attached hydrogen (secondary N) is 1. The van der Waals surface area contributed by atoms with Gasteiger partial charge < -0.3 is 19.5 Å². The summed E-state index contributed by atoms with van der Waals surface area (Å²) in [5.41, 5.74) is 3.39. The molecule has 1 N–H and O–H groups in total. The molecular formula is C17H27N3O3. The van der Waals surface area contributed by atoms with Gasteiger partial charge in [-0.15, -0.1) is 0 Å². The minimum atomic E-state index is -0.329. The highest BCUT2D eigenvalue weighted by Gasteiger charge is 2.21. The molecule has 0 unspecified atom stereocenters. The van der Waals surface area contributed by atoms with Gasteiger partial charge in [-0.05, 0) is 45.4 Å². The lowest BCUT2D eigenvalue weighted by molar-refractivity contribution is -0.132. The third-order valence-corrected chi connectivity index (χ3v) is 4.52. The number of piperazine rings is 1. The van der Waals surface area contributed by atoms with Gasteiger partial charge in [-0.2, -0.15) is 0 Å². The van der Waals surface area contributed by atoms with Crippen molar-refractivity contribution >= 4 is 11.9 Å². The van der Waals surface area contributed by atoms with E-state index in [0.717, 1.165) is 43.0 Å². The Morgan fingerprint density at radius 2 is 1.83 bits per heavy atom. The molecule has 1 fully saturated rings. The molecule has 1 aliphatic rings. The van der Waals surface area contributed by atoms with Gasteiger partial charge in [-0.1, -0.05) is 0 Å². The molecule has 2 rings (SSSR count). The summed E-state index contributed by atoms with van der Waals surface area (Å²) in [6.07, 6.45) is 1.13. The van der Waals surface area contributed by atoms with Crippen LogP contribution in [0.1, 0.15) is 40.7 Å². The number of carbonyl (C=O) groups excluding carboxylic acids is 2. The van der Waals surface area contributed by atoms with Gasteiger partial charge in [-0.3, -0.25) is 4.79 Å². The largest absolute Gasteiger partial charge is 0.461 e. The number of likely N-dealkylation sites (N-methyl/N-ethyl adjacent to an activating group) is 1. The summed E-state index contributed by atoms with van der Waals surface area (Å²) in [6.45, 7) is 9.45. The fourth-order valence-corrected chi connectivity index (χ4v) is 3.02. The first kappa shape index (κ1) is 17.5. The van der Waals surface area contributed by atoms with Crippen LogP contribution in [0.2, 0.25) is 0 Å². The van der Waals surface area contributed by atoms with Crippen molar-refractivity contribution in [2.24, 2.45) is 0 Å². The first-order chi connectivity index (χ1) is 10.9. The zero-order valence-electron chi connectivity index (χ0n) is 14.6. The van der Waals surface area contributed by atoms with Crippen molar-refractivity contribution in [3.63, 3.8) is 0 Å². The van der Waals surface area contributed by atoms with Crippen LogP contribution in [0.25, 0.3) is 0 Å². The summed E-state index contributed by atoms with van der Waals surface area (Å²) in [5, 5.41) is 0. The van der Waals surface area contributed by atoms with Gasteiger partial charge >= 0.3 is 5.97 Å². The average molecular weight is 321 g/mol. The second kappa shape index (κ2) is 7.64. The van der Waals surface area contributed by atoms with Gasteiger partial charge in [0.05, 0.1) is 6.61 Å². The van der Waals surface area contributed by atoms with Crippen molar-refractivity contribution in [1.29, 1.82) is 0 Å². The molecule has 1 saturated heterocycles. The lowest BCUT2D eigenvalue weighted by Crippen LogP contribution is -2.47. The zero-order chi connectivity index (χ0) is 17.0. The Labute approximate surface area is 137 Å². The highest BCUT2D eigenvalue weighted by Crippen LogP contribution is 2.21. The lowest BCUT2D eigenvalue weighted by atomic mass is 10.0. The van der Waals surface area contributed by atoms with Gasteiger partial charge in [0.25, 0.3) is 0 Å². The maximum atomic E-state index is 12.3. The monoisotopic (exact) mass is 321 g/mol. The first-order valence-corrected chi connectivity index (χ1v) is 8.25. The Morgan fingerprint density at radius 3 is 2.43 bits per heavy atom. The van der Waals surface area contributed by atoms with Crippen molar-refractivity contribution < 1.29 is 14.3 Å². The highest BCUT2D eigenvalue weighted by molar-refractivity contribution is 5.90. The van der Waals surface area contributed by atoms with E-state index < -0.39 is 0 Å². The molecule has 1 aromatic rings. The van der Waals surface area contributed by atoms with E-state index in [1.807, 2.05) is 18.7 Å². The van der Waals surface area contributed by atoms with Crippen LogP contribution in [-0.2, 0) is 16.0 Å². The van der Waals surface area contributed by atoms with Crippen LogP contribution >= 0.6 is 0 Å². The van der Waals surface area contributed by atoms with E-state index in [2.05, 4.69) is 16.9 Å². The Bertz CT molecular complexity index is 572. The number of H-pyrrole nitrogens is 1. The molecule has 0 saturated carbocycles. The number of nitrogens with zero attached hydrogens (tertiary/aromatic N) is 2. The Hall–Kier alpha value is -1.82. The average Bonchev–Trinajstić information content (AvgIpc) is 2.81. The Balaban J connectivity index is 1.98. The number of hydrogen-bond donors (Lipinski definition) is 1. The molecule has 1 aromatic heterocycles. The van der Waals surface area contributed by atoms with Crippen LogP contribution in [-0.4, -0.2) is 66.5 Å². The van der Waals surface area contributed by atoms with Crippen LogP contribution in [0.4, 0.5) is 0 Å². The normalized spacial score (nSPS) is 15.7. The number of carbonyl (C=O) groups is 2. The SMILES string of the molecule is CCOC(=O)c1[nH]c(C)c(CCC(=O)N2CCN(C)CC2)c1C. The molecule has 128 valence electrons. The predicted molar refractivity (Wildman–Crippen MR) is 88.6 cm³/mol. The van der Waals surface area contributed by atoms with Crippen LogP contribution in [0, 0.1) is 13.8 Å². The molecule has 23 heavy (non-hydrogen) atoms. The van der Waals surface area contributed by atoms with E-state index in [1.54, 1.807) is 6.92 Å². The Kier molecular flexibility index (Phi) is 5.82. The maximum Gasteiger partial charge on any atom is 0.355 e. The van der Waals surface area contributed by atoms with Crippen molar-refractivity contribution in [3.8, 4) is 0 Å². The molecule has 2 heterocycles. The summed E-state index contributed by atoms with van der Waals surface area (Å²) < 4.78 is 5.06. The lowest BCUT2D eigenvalue weighted by Gasteiger charge is -2.32. The molecule has 1 amide bonds. The molecule has 0 radical (unpaired) electrons. The summed E-state index contributed by atoms with van der Waals surface area (Å²) in [6, 6.07) is 0. The summed E-state index contributed by atoms with van der Waals surface area (Å²) in [7, 11) is 2.07. The number of aryl methyl sites for hydroxylation is 1. The maximum absolute atomic E-state index is 12.3. The molecule has 6 heteroatoms. The number of rotatable bonds is 5. The van der Waals surface area contributed by atoms with E-state index in [1.165, 1.54) is 0 Å². The van der Waals surface area contributed by atoms with Gasteiger partial charge in [0.2, 0.25) is 5.91 Å². The van der Waals surface area contributed by atoms with Crippen LogP contribution < -0.4 is 0 Å². The topological polar surface area (TPSA) is 65.6 Å². The van der Waals surface area contributed by atoms with Crippen LogP contribution in [0.5, 0.6) is 0 Å². The first-order valence-electron chi connectivity index (χ1n) is 8.25. The van der Waals surface area contributed by atoms with Gasteiger partial charge in [0.1, 0.15) is 5.69 Å². The third-order valence-electron chi connectivity index (χ3n) is 4.52. The molecule has 0 spiro atoms. The third kappa shape index (κ3) is 4.13. The number of hydrogen-bond acceptors (Lipinski definition) is 4. The number of aromatic nitrogens is 1. The second-order valence-corrected chi connectivity index (χ2v) is 6.13. The molecule has 0 bridgehead atoms. The zero-order valence-corrected chi connectivity index (χ0v) is 14.6. The van der Waals surface area contributed by atoms with Crippen molar-refractivity contribution in [1.82, 2.24) is 14.8 Å². The highest BCUT2D eigenvalue weighted by atomic mass is 16.5. The molecule has 0 aromatic carbocycles. The van der Waals surface area contributed by atoms with Crippen molar-refractivity contribution in [2.75, 3.05) is 39.8 Å². The van der Waals surface area contributed by atoms with E-state index in [4.69, 9.17) is 4.74 Å². The fourth-order valence-electron chi connectivity index (χ4n) is 3.02. The molecule has 6 nitrogen and oxygen atoms in total. The molecular weight excluding hydrogens is 294 g/mol. The minimum absolute atomic E-state index is 0.191. The van der Waals surface area contributed by atoms with Crippen molar-refractivity contribution in [2.45, 2.75) is 33.6 Å². The number of ether oxygens (including phenoxy) is 1. The number of amides is 1. The second-order valence-electron chi connectivity index (χ2n) is 6.13. The molecule has 0 aliphatic carbocycles. The smallest absolute Gasteiger partial charge is 0.355 e. The van der Waals surface area contributed by atoms with Gasteiger partial charge in [-0.25, -0.2) is 4.79 Å². The number of aromatic amines is 1. The standard InChI is InChI=1S/C17H27N3O3/c1-5-23-17(22)16-12(2)14(13(3)18-16)6-7-15(21)20-10-8-19(4)9-11-20/h18H,5-11H2,1-4H3. The van der Waals surface area contributed by atoms with E-state index in [9.17, 15) is 9.59 Å². The summed E-state index contributed by atoms with van der Waals surface area (Å²) >= 11 is 0. The summed E-state index contributed by atoms with van der Waals surface area (Å²) in [4.78, 5) is 31.5. The van der Waals surface area contributed by atoms with E-state index >= 15 is 0 Å². The van der Waals surface area contributed by atoms with Crippen LogP contribution in [0.3, 0.4) is 0 Å². The number of esters is 1. The van der Waals surface area contributed by atoms with Crippen molar-refractivity contribution in [3.05, 3.63) is 22.5 Å².